The van der Waals surface area contributed by atoms with E-state index in [4.69, 9.17) is 10.5 Å². The average molecular weight is 290 g/mol. The summed E-state index contributed by atoms with van der Waals surface area (Å²) >= 11 is 0. The largest absolute Gasteiger partial charge is 0.491 e. The normalized spacial score (nSPS) is 21.2. The van der Waals surface area contributed by atoms with Gasteiger partial charge in [0.05, 0.1) is 18.3 Å². The molecule has 0 radical (unpaired) electrons. The molecule has 0 aliphatic carbocycles. The van der Waals surface area contributed by atoms with Crippen LogP contribution in [0.4, 0.5) is 16.2 Å². The highest BCUT2D eigenvalue weighted by molar-refractivity contribution is 5.77. The number of nitrogens with one attached hydrogen (secondary N) is 1. The van der Waals surface area contributed by atoms with Crippen molar-refractivity contribution in [3.05, 3.63) is 18.2 Å². The number of amides is 2. The summed E-state index contributed by atoms with van der Waals surface area (Å²) < 4.78 is 5.69. The first kappa shape index (κ1) is 13.9. The van der Waals surface area contributed by atoms with Crippen LogP contribution in [0.3, 0.4) is 0 Å². The Balaban J connectivity index is 1.73. The van der Waals surface area contributed by atoms with Gasteiger partial charge in [0.2, 0.25) is 0 Å². The molecule has 6 heteroatoms. The van der Waals surface area contributed by atoms with Crippen molar-refractivity contribution in [1.82, 2.24) is 10.2 Å². The van der Waals surface area contributed by atoms with E-state index < -0.39 is 0 Å². The highest BCUT2D eigenvalue weighted by Gasteiger charge is 2.35. The zero-order valence-corrected chi connectivity index (χ0v) is 12.3. The maximum Gasteiger partial charge on any atom is 0.317 e. The third-order valence-electron chi connectivity index (χ3n) is 4.06. The smallest absolute Gasteiger partial charge is 0.317 e. The molecule has 114 valence electrons. The molecular formula is C15H22N4O2. The van der Waals surface area contributed by atoms with Gasteiger partial charge in [0.1, 0.15) is 5.75 Å². The number of nitrogen functional groups attached to an aromatic ring is 1. The van der Waals surface area contributed by atoms with Crippen LogP contribution in [-0.2, 0) is 0 Å². The third kappa shape index (κ3) is 2.70. The summed E-state index contributed by atoms with van der Waals surface area (Å²) in [6.07, 6.45) is 0.957. The third-order valence-corrected chi connectivity index (χ3v) is 4.06. The van der Waals surface area contributed by atoms with E-state index in [1.165, 1.54) is 0 Å². The molecule has 2 saturated heterocycles. The lowest BCUT2D eigenvalue weighted by molar-refractivity contribution is 0.197. The summed E-state index contributed by atoms with van der Waals surface area (Å²) in [6.45, 7) is 5.90. The molecule has 2 aliphatic rings. The van der Waals surface area contributed by atoms with Crippen LogP contribution in [0.15, 0.2) is 18.2 Å². The molecule has 2 aliphatic heterocycles. The fourth-order valence-corrected chi connectivity index (χ4v) is 2.90. The van der Waals surface area contributed by atoms with Gasteiger partial charge in [-0.2, -0.15) is 0 Å². The molecule has 0 spiro atoms. The molecule has 21 heavy (non-hydrogen) atoms. The Bertz CT molecular complexity index is 534. The molecule has 1 aromatic rings. The molecule has 1 aromatic carbocycles. The van der Waals surface area contributed by atoms with Crippen molar-refractivity contribution in [3.8, 4) is 5.75 Å². The molecule has 0 bridgehead atoms. The molecule has 2 heterocycles. The summed E-state index contributed by atoms with van der Waals surface area (Å²) in [5.41, 5.74) is 7.73. The van der Waals surface area contributed by atoms with Crippen molar-refractivity contribution in [2.75, 3.05) is 43.4 Å². The van der Waals surface area contributed by atoms with Gasteiger partial charge in [0, 0.05) is 37.9 Å². The molecule has 3 rings (SSSR count). The van der Waals surface area contributed by atoms with E-state index in [9.17, 15) is 4.79 Å². The molecule has 1 atom stereocenters. The van der Waals surface area contributed by atoms with E-state index in [0.717, 1.165) is 44.0 Å². The summed E-state index contributed by atoms with van der Waals surface area (Å²) in [7, 11) is 0. The van der Waals surface area contributed by atoms with Gasteiger partial charge in [0.25, 0.3) is 0 Å². The summed E-state index contributed by atoms with van der Waals surface area (Å²) in [5, 5.41) is 2.90. The molecule has 2 amide bonds. The van der Waals surface area contributed by atoms with Gasteiger partial charge in [-0.05, 0) is 18.6 Å². The second kappa shape index (κ2) is 5.71. The SMILES string of the molecule is CCCOc1cc(N2CCN3C(=O)NCC3C2)ccc1N. The van der Waals surface area contributed by atoms with Crippen LogP contribution in [-0.4, -0.2) is 49.8 Å². The van der Waals surface area contributed by atoms with Gasteiger partial charge in [0.15, 0.2) is 0 Å². The number of carbonyl (C=O) groups is 1. The van der Waals surface area contributed by atoms with E-state index in [1.54, 1.807) is 0 Å². The van der Waals surface area contributed by atoms with Crippen LogP contribution in [0.2, 0.25) is 0 Å². The van der Waals surface area contributed by atoms with Crippen LogP contribution in [0.25, 0.3) is 0 Å². The lowest BCUT2D eigenvalue weighted by Crippen LogP contribution is -2.52. The molecule has 3 N–H and O–H groups in total. The number of hydrogen-bond acceptors (Lipinski definition) is 4. The Kier molecular flexibility index (Phi) is 3.77. The molecule has 1 unspecified atom stereocenters. The van der Waals surface area contributed by atoms with E-state index >= 15 is 0 Å². The number of carbonyl (C=O) groups excluding carboxylic acids is 1. The van der Waals surface area contributed by atoms with Crippen molar-refractivity contribution >= 4 is 17.4 Å². The number of fused-ring (bicyclic) bond motifs is 1. The monoisotopic (exact) mass is 290 g/mol. The minimum Gasteiger partial charge on any atom is -0.491 e. The molecule has 6 nitrogen and oxygen atoms in total. The second-order valence-corrected chi connectivity index (χ2v) is 5.55. The van der Waals surface area contributed by atoms with Gasteiger partial charge in [-0.15, -0.1) is 0 Å². The van der Waals surface area contributed by atoms with E-state index in [-0.39, 0.29) is 12.1 Å². The second-order valence-electron chi connectivity index (χ2n) is 5.55. The zero-order chi connectivity index (χ0) is 14.8. The number of piperazine rings is 1. The van der Waals surface area contributed by atoms with Crippen molar-refractivity contribution in [2.45, 2.75) is 19.4 Å². The number of hydrogen-bond donors (Lipinski definition) is 2. The molecule has 2 fully saturated rings. The van der Waals surface area contributed by atoms with Crippen molar-refractivity contribution in [1.29, 1.82) is 0 Å². The molecular weight excluding hydrogens is 268 g/mol. The number of urea groups is 1. The maximum atomic E-state index is 11.6. The van der Waals surface area contributed by atoms with E-state index in [2.05, 4.69) is 17.1 Å². The summed E-state index contributed by atoms with van der Waals surface area (Å²) in [4.78, 5) is 15.8. The van der Waals surface area contributed by atoms with Crippen LogP contribution >= 0.6 is 0 Å². The Morgan fingerprint density at radius 3 is 3.10 bits per heavy atom. The highest BCUT2D eigenvalue weighted by atomic mass is 16.5. The van der Waals surface area contributed by atoms with E-state index in [1.807, 2.05) is 23.1 Å². The standard InChI is InChI=1S/C15H22N4O2/c1-2-7-21-14-8-11(3-4-13(14)16)18-5-6-19-12(10-18)9-17-15(19)20/h3-4,8,12H,2,5-7,9-10,16H2,1H3,(H,17,20). The number of benzene rings is 1. The van der Waals surface area contributed by atoms with Crippen LogP contribution in [0.1, 0.15) is 13.3 Å². The van der Waals surface area contributed by atoms with Gasteiger partial charge in [-0.1, -0.05) is 6.92 Å². The molecule has 0 aromatic heterocycles. The van der Waals surface area contributed by atoms with Crippen molar-refractivity contribution in [3.63, 3.8) is 0 Å². The quantitative estimate of drug-likeness (QED) is 0.819. The number of nitrogens with zero attached hydrogens (tertiary/aromatic N) is 2. The van der Waals surface area contributed by atoms with Crippen molar-refractivity contribution < 1.29 is 9.53 Å². The topological polar surface area (TPSA) is 70.8 Å². The Labute approximate surface area is 124 Å². The maximum absolute atomic E-state index is 11.6. The Morgan fingerprint density at radius 1 is 1.43 bits per heavy atom. The Morgan fingerprint density at radius 2 is 2.29 bits per heavy atom. The minimum atomic E-state index is 0.0592. The zero-order valence-electron chi connectivity index (χ0n) is 12.3. The fourth-order valence-electron chi connectivity index (χ4n) is 2.90. The average Bonchev–Trinajstić information content (AvgIpc) is 2.87. The number of anilines is 2. The lowest BCUT2D eigenvalue weighted by Gasteiger charge is -2.37. The summed E-state index contributed by atoms with van der Waals surface area (Å²) in [6, 6.07) is 6.23. The summed E-state index contributed by atoms with van der Waals surface area (Å²) in [5.74, 6) is 0.748. The van der Waals surface area contributed by atoms with Gasteiger partial charge >= 0.3 is 6.03 Å². The predicted molar refractivity (Wildman–Crippen MR) is 82.7 cm³/mol. The first-order valence-electron chi connectivity index (χ1n) is 7.50. The van der Waals surface area contributed by atoms with Crippen molar-refractivity contribution in [2.24, 2.45) is 0 Å². The Hall–Kier alpha value is -2.11. The molecule has 0 saturated carbocycles. The van der Waals surface area contributed by atoms with Gasteiger partial charge in [-0.25, -0.2) is 4.79 Å². The van der Waals surface area contributed by atoms with Gasteiger partial charge < -0.3 is 25.6 Å². The van der Waals surface area contributed by atoms with E-state index in [0.29, 0.717) is 12.3 Å². The van der Waals surface area contributed by atoms with Crippen LogP contribution in [0.5, 0.6) is 5.75 Å². The highest BCUT2D eigenvalue weighted by Crippen LogP contribution is 2.29. The lowest BCUT2D eigenvalue weighted by atomic mass is 10.1. The first-order chi connectivity index (χ1) is 10.2. The predicted octanol–water partition coefficient (Wildman–Crippen LogP) is 1.27. The van der Waals surface area contributed by atoms with Crippen LogP contribution in [0, 0.1) is 0 Å². The fraction of sp³-hybridized carbons (Fsp3) is 0.533. The number of ether oxygens (including phenoxy) is 1. The first-order valence-corrected chi connectivity index (χ1v) is 7.50. The number of nitrogens with two attached hydrogens (primary N) is 1. The minimum absolute atomic E-state index is 0.0592. The van der Waals surface area contributed by atoms with Gasteiger partial charge in [-0.3, -0.25) is 0 Å². The van der Waals surface area contributed by atoms with Crippen LogP contribution < -0.4 is 20.7 Å². The number of rotatable bonds is 4.